The van der Waals surface area contributed by atoms with E-state index >= 15 is 0 Å². The van der Waals surface area contributed by atoms with E-state index in [2.05, 4.69) is 29.3 Å². The van der Waals surface area contributed by atoms with Crippen LogP contribution >= 0.6 is 0 Å². The normalized spacial score (nSPS) is 38.9. The third kappa shape index (κ3) is 2.18. The Morgan fingerprint density at radius 3 is 2.35 bits per heavy atom. The summed E-state index contributed by atoms with van der Waals surface area (Å²) >= 11 is 0. The molecule has 0 aliphatic heterocycles. The Balaban J connectivity index is 1.50. The zero-order valence-corrected chi connectivity index (χ0v) is 12.5. The summed E-state index contributed by atoms with van der Waals surface area (Å²) in [5, 5.41) is 7.66. The first-order valence-corrected chi connectivity index (χ1v) is 8.25. The molecule has 4 fully saturated rings. The highest BCUT2D eigenvalue weighted by molar-refractivity contribution is 5.10. The van der Waals surface area contributed by atoms with Crippen molar-refractivity contribution in [1.82, 2.24) is 15.5 Å². The predicted octanol–water partition coefficient (Wildman–Crippen LogP) is 3.11. The Morgan fingerprint density at radius 1 is 1.10 bits per heavy atom. The second-order valence-electron chi connectivity index (χ2n) is 7.54. The van der Waals surface area contributed by atoms with E-state index in [9.17, 15) is 0 Å². The van der Waals surface area contributed by atoms with Gasteiger partial charge in [0.05, 0.1) is 6.54 Å². The van der Waals surface area contributed by atoms with Gasteiger partial charge in [0.25, 0.3) is 0 Å². The third-order valence-electron chi connectivity index (χ3n) is 5.67. The average Bonchev–Trinajstić information content (AvgIpc) is 2.83. The molecule has 0 amide bonds. The Kier molecular flexibility index (Phi) is 3.09. The van der Waals surface area contributed by atoms with E-state index in [4.69, 9.17) is 4.52 Å². The summed E-state index contributed by atoms with van der Waals surface area (Å²) in [6.07, 6.45) is 7.13. The zero-order valence-electron chi connectivity index (χ0n) is 12.5. The Hall–Kier alpha value is -0.900. The van der Waals surface area contributed by atoms with Gasteiger partial charge in [0.2, 0.25) is 5.89 Å². The summed E-state index contributed by atoms with van der Waals surface area (Å²) in [5.74, 6) is 6.00. The first-order chi connectivity index (χ1) is 9.69. The van der Waals surface area contributed by atoms with Gasteiger partial charge >= 0.3 is 0 Å². The summed E-state index contributed by atoms with van der Waals surface area (Å²) in [6, 6.07) is 0.450. The van der Waals surface area contributed by atoms with Gasteiger partial charge in [0.1, 0.15) is 0 Å². The van der Waals surface area contributed by atoms with E-state index in [1.54, 1.807) is 0 Å². The van der Waals surface area contributed by atoms with Crippen LogP contribution in [0.4, 0.5) is 0 Å². The number of hydrogen-bond acceptors (Lipinski definition) is 4. The van der Waals surface area contributed by atoms with Gasteiger partial charge in [-0.2, -0.15) is 4.98 Å². The van der Waals surface area contributed by atoms with E-state index in [1.807, 2.05) is 0 Å². The molecular weight excluding hydrogens is 250 g/mol. The SMILES string of the molecule is CC(C)NCc1nc(C2C3CC4CC(C3)CC2C4)no1. The van der Waals surface area contributed by atoms with Crippen LogP contribution in [0.1, 0.15) is 63.6 Å². The van der Waals surface area contributed by atoms with Crippen molar-refractivity contribution in [1.29, 1.82) is 0 Å². The average molecular weight is 275 g/mol. The minimum absolute atomic E-state index is 0.450. The number of nitrogens with zero attached hydrogens (tertiary/aromatic N) is 2. The summed E-state index contributed by atoms with van der Waals surface area (Å²) in [7, 11) is 0. The molecule has 1 aromatic heterocycles. The number of aromatic nitrogens is 2. The first-order valence-electron chi connectivity index (χ1n) is 8.25. The van der Waals surface area contributed by atoms with Crippen molar-refractivity contribution in [2.45, 2.75) is 64.5 Å². The van der Waals surface area contributed by atoms with Gasteiger partial charge < -0.3 is 9.84 Å². The fourth-order valence-corrected chi connectivity index (χ4v) is 5.11. The van der Waals surface area contributed by atoms with Crippen LogP contribution in [0.25, 0.3) is 0 Å². The van der Waals surface area contributed by atoms with Crippen LogP contribution in [0.3, 0.4) is 0 Å². The summed E-state index contributed by atoms with van der Waals surface area (Å²) in [5.41, 5.74) is 0. The molecule has 0 radical (unpaired) electrons. The first kappa shape index (κ1) is 12.8. The van der Waals surface area contributed by atoms with E-state index in [-0.39, 0.29) is 0 Å². The highest BCUT2D eigenvalue weighted by Gasteiger charge is 2.50. The maximum absolute atomic E-state index is 5.45. The van der Waals surface area contributed by atoms with Gasteiger partial charge in [-0.15, -0.1) is 0 Å². The van der Waals surface area contributed by atoms with Crippen molar-refractivity contribution in [2.24, 2.45) is 23.7 Å². The molecule has 0 atom stereocenters. The van der Waals surface area contributed by atoms with Gasteiger partial charge in [0, 0.05) is 12.0 Å². The second-order valence-corrected chi connectivity index (χ2v) is 7.54. The van der Waals surface area contributed by atoms with Crippen molar-refractivity contribution in [3.63, 3.8) is 0 Å². The lowest BCUT2D eigenvalue weighted by molar-refractivity contribution is -0.00629. The van der Waals surface area contributed by atoms with E-state index in [1.165, 1.54) is 32.1 Å². The Morgan fingerprint density at radius 2 is 1.75 bits per heavy atom. The molecule has 4 saturated carbocycles. The highest BCUT2D eigenvalue weighted by Crippen LogP contribution is 2.59. The third-order valence-corrected chi connectivity index (χ3v) is 5.67. The molecule has 1 aromatic rings. The summed E-state index contributed by atoms with van der Waals surface area (Å²) in [6.45, 7) is 4.96. The van der Waals surface area contributed by atoms with Gasteiger partial charge in [0.15, 0.2) is 5.82 Å². The van der Waals surface area contributed by atoms with E-state index < -0.39 is 0 Å². The maximum Gasteiger partial charge on any atom is 0.240 e. The van der Waals surface area contributed by atoms with E-state index in [0.29, 0.717) is 18.5 Å². The summed E-state index contributed by atoms with van der Waals surface area (Å²) in [4.78, 5) is 4.69. The fourth-order valence-electron chi connectivity index (χ4n) is 5.11. The molecule has 4 aliphatic rings. The minimum Gasteiger partial charge on any atom is -0.338 e. The molecule has 1 N–H and O–H groups in total. The smallest absolute Gasteiger partial charge is 0.240 e. The van der Waals surface area contributed by atoms with Crippen molar-refractivity contribution in [3.05, 3.63) is 11.7 Å². The molecule has 4 bridgehead atoms. The van der Waals surface area contributed by atoms with Gasteiger partial charge in [-0.1, -0.05) is 19.0 Å². The zero-order chi connectivity index (χ0) is 13.7. The monoisotopic (exact) mass is 275 g/mol. The van der Waals surface area contributed by atoms with Crippen molar-refractivity contribution < 1.29 is 4.52 Å². The van der Waals surface area contributed by atoms with Crippen LogP contribution in [0.2, 0.25) is 0 Å². The molecule has 0 unspecified atom stereocenters. The number of nitrogens with one attached hydrogen (secondary N) is 1. The van der Waals surface area contributed by atoms with Crippen LogP contribution in [0, 0.1) is 23.7 Å². The van der Waals surface area contributed by atoms with Crippen LogP contribution < -0.4 is 5.32 Å². The minimum atomic E-state index is 0.450. The molecule has 4 heteroatoms. The lowest BCUT2D eigenvalue weighted by atomic mass is 9.52. The number of hydrogen-bond donors (Lipinski definition) is 1. The van der Waals surface area contributed by atoms with Crippen LogP contribution in [0.5, 0.6) is 0 Å². The van der Waals surface area contributed by atoms with Crippen molar-refractivity contribution in [3.8, 4) is 0 Å². The van der Waals surface area contributed by atoms with Gasteiger partial charge in [-0.25, -0.2) is 0 Å². The molecule has 110 valence electrons. The molecule has 0 saturated heterocycles. The Labute approximate surface area is 120 Å². The molecule has 5 rings (SSSR count). The van der Waals surface area contributed by atoms with Gasteiger partial charge in [-0.05, 0) is 55.8 Å². The fraction of sp³-hybridized carbons (Fsp3) is 0.875. The Bertz CT molecular complexity index is 454. The topological polar surface area (TPSA) is 51.0 Å². The second kappa shape index (κ2) is 4.83. The van der Waals surface area contributed by atoms with E-state index in [0.717, 1.165) is 35.4 Å². The highest BCUT2D eigenvalue weighted by atomic mass is 16.5. The van der Waals surface area contributed by atoms with Crippen LogP contribution in [0.15, 0.2) is 4.52 Å². The standard InChI is InChI=1S/C16H25N3O/c1-9(2)17-8-14-18-16(19-20-14)15-12-4-10-3-11(6-12)7-13(15)5-10/h9-13,15,17H,3-8H2,1-2H3. The molecular formula is C16H25N3O. The molecule has 4 aliphatic carbocycles. The lowest BCUT2D eigenvalue weighted by Gasteiger charge is -2.53. The molecule has 4 nitrogen and oxygen atoms in total. The van der Waals surface area contributed by atoms with Gasteiger partial charge in [-0.3, -0.25) is 0 Å². The van der Waals surface area contributed by atoms with Crippen molar-refractivity contribution >= 4 is 0 Å². The number of rotatable bonds is 4. The quantitative estimate of drug-likeness (QED) is 0.917. The largest absolute Gasteiger partial charge is 0.338 e. The molecule has 1 heterocycles. The van der Waals surface area contributed by atoms with Crippen molar-refractivity contribution in [2.75, 3.05) is 0 Å². The summed E-state index contributed by atoms with van der Waals surface area (Å²) < 4.78 is 5.45. The van der Waals surface area contributed by atoms with Crippen LogP contribution in [-0.4, -0.2) is 16.2 Å². The molecule has 0 aromatic carbocycles. The molecule has 0 spiro atoms. The molecule has 20 heavy (non-hydrogen) atoms. The predicted molar refractivity (Wildman–Crippen MR) is 76.1 cm³/mol. The van der Waals surface area contributed by atoms with Crippen LogP contribution in [-0.2, 0) is 6.54 Å². The lowest BCUT2D eigenvalue weighted by Crippen LogP contribution is -2.44. The maximum atomic E-state index is 5.45.